The summed E-state index contributed by atoms with van der Waals surface area (Å²) in [5.41, 5.74) is 0.709. The van der Waals surface area contributed by atoms with Crippen LogP contribution in [0.1, 0.15) is 18.5 Å². The van der Waals surface area contributed by atoms with Gasteiger partial charge in [-0.25, -0.2) is 17.5 Å². The number of sulfonamides is 1. The van der Waals surface area contributed by atoms with E-state index in [1.807, 2.05) is 0 Å². The Hall–Kier alpha value is -0.760. The van der Waals surface area contributed by atoms with Crippen LogP contribution >= 0.6 is 27.3 Å². The first kappa shape index (κ1) is 14.6. The van der Waals surface area contributed by atoms with Crippen LogP contribution in [0, 0.1) is 5.82 Å². The number of halogens is 2. The number of hydrogen-bond donors (Lipinski definition) is 1. The van der Waals surface area contributed by atoms with Crippen LogP contribution in [0.3, 0.4) is 0 Å². The van der Waals surface area contributed by atoms with Crippen LogP contribution in [-0.2, 0) is 10.0 Å². The van der Waals surface area contributed by atoms with E-state index in [2.05, 4.69) is 20.7 Å². The molecule has 102 valence electrons. The first-order valence-electron chi connectivity index (χ1n) is 5.41. The molecule has 0 aliphatic carbocycles. The monoisotopic (exact) mass is 363 g/mol. The molecule has 0 spiro atoms. The molecule has 0 aliphatic heterocycles. The van der Waals surface area contributed by atoms with Gasteiger partial charge in [-0.15, -0.1) is 11.3 Å². The molecule has 1 aromatic heterocycles. The van der Waals surface area contributed by atoms with Gasteiger partial charge in [0.15, 0.2) is 0 Å². The third kappa shape index (κ3) is 3.62. The zero-order chi connectivity index (χ0) is 14.0. The molecule has 0 aliphatic rings. The number of nitrogens with one attached hydrogen (secondary N) is 1. The Morgan fingerprint density at radius 2 is 1.84 bits per heavy atom. The van der Waals surface area contributed by atoms with Gasteiger partial charge < -0.3 is 0 Å². The van der Waals surface area contributed by atoms with E-state index in [0.29, 0.717) is 5.56 Å². The second-order valence-electron chi connectivity index (χ2n) is 3.95. The molecule has 3 nitrogen and oxygen atoms in total. The van der Waals surface area contributed by atoms with E-state index in [0.717, 1.165) is 15.1 Å². The topological polar surface area (TPSA) is 46.2 Å². The summed E-state index contributed by atoms with van der Waals surface area (Å²) in [6, 6.07) is 8.53. The highest BCUT2D eigenvalue weighted by Gasteiger charge is 2.20. The lowest BCUT2D eigenvalue weighted by Gasteiger charge is -2.13. The second-order valence-corrected chi connectivity index (χ2v) is 8.36. The molecule has 0 radical (unpaired) electrons. The summed E-state index contributed by atoms with van der Waals surface area (Å²) in [7, 11) is -3.55. The summed E-state index contributed by atoms with van der Waals surface area (Å²) >= 11 is 4.37. The van der Waals surface area contributed by atoms with Crippen LogP contribution in [0.2, 0.25) is 0 Å². The minimum Gasteiger partial charge on any atom is -0.207 e. The van der Waals surface area contributed by atoms with E-state index in [9.17, 15) is 12.8 Å². The molecule has 0 bridgehead atoms. The summed E-state index contributed by atoms with van der Waals surface area (Å²) in [5, 5.41) is 0. The molecular formula is C12H11BrFNO2S2. The minimum atomic E-state index is -3.55. The highest BCUT2D eigenvalue weighted by Crippen LogP contribution is 2.27. The largest absolute Gasteiger partial charge is 0.250 e. The van der Waals surface area contributed by atoms with Gasteiger partial charge in [-0.2, -0.15) is 0 Å². The lowest BCUT2D eigenvalue weighted by Crippen LogP contribution is -2.26. The fourth-order valence-electron chi connectivity index (χ4n) is 1.55. The van der Waals surface area contributed by atoms with Crippen molar-refractivity contribution in [1.82, 2.24) is 4.72 Å². The highest BCUT2D eigenvalue weighted by atomic mass is 79.9. The van der Waals surface area contributed by atoms with Crippen molar-refractivity contribution < 1.29 is 12.8 Å². The molecule has 1 atom stereocenters. The van der Waals surface area contributed by atoms with Crippen molar-refractivity contribution in [2.24, 2.45) is 0 Å². The average Bonchev–Trinajstić information content (AvgIpc) is 2.77. The number of thiophene rings is 1. The SMILES string of the molecule is C[C@@H](NS(=O)(=O)c1ccc(Br)s1)c1ccc(F)cc1. The first-order chi connectivity index (χ1) is 8.88. The number of rotatable bonds is 4. The van der Waals surface area contributed by atoms with Crippen LogP contribution in [0.4, 0.5) is 4.39 Å². The maximum absolute atomic E-state index is 12.8. The van der Waals surface area contributed by atoms with E-state index in [1.54, 1.807) is 25.1 Å². The molecule has 1 N–H and O–H groups in total. The Balaban J connectivity index is 2.18. The smallest absolute Gasteiger partial charge is 0.207 e. The second kappa shape index (κ2) is 5.70. The van der Waals surface area contributed by atoms with E-state index < -0.39 is 16.1 Å². The number of hydrogen-bond acceptors (Lipinski definition) is 3. The molecule has 0 fully saturated rings. The predicted octanol–water partition coefficient (Wildman–Crippen LogP) is 3.69. The summed E-state index contributed by atoms with van der Waals surface area (Å²) < 4.78 is 40.6. The van der Waals surface area contributed by atoms with E-state index >= 15 is 0 Å². The van der Waals surface area contributed by atoms with Gasteiger partial charge in [-0.1, -0.05) is 12.1 Å². The van der Waals surface area contributed by atoms with E-state index in [4.69, 9.17) is 0 Å². The molecule has 0 amide bonds. The zero-order valence-corrected chi connectivity index (χ0v) is 13.1. The standard InChI is InChI=1S/C12H11BrFNO2S2/c1-8(9-2-4-10(14)5-3-9)15-19(16,17)12-7-6-11(13)18-12/h2-8,15H,1H3/t8-/m1/s1. The van der Waals surface area contributed by atoms with Gasteiger partial charge in [-0.05, 0) is 52.7 Å². The Labute approximate surface area is 123 Å². The van der Waals surface area contributed by atoms with Crippen molar-refractivity contribution >= 4 is 37.3 Å². The normalized spacial score (nSPS) is 13.4. The van der Waals surface area contributed by atoms with Gasteiger partial charge >= 0.3 is 0 Å². The van der Waals surface area contributed by atoms with E-state index in [1.165, 1.54) is 18.2 Å². The fourth-order valence-corrected chi connectivity index (χ4v) is 4.81. The molecule has 7 heteroatoms. The van der Waals surface area contributed by atoms with Crippen LogP contribution in [0.15, 0.2) is 44.4 Å². The molecule has 0 saturated carbocycles. The molecule has 0 unspecified atom stereocenters. The molecule has 2 rings (SSSR count). The fraction of sp³-hybridized carbons (Fsp3) is 0.167. The van der Waals surface area contributed by atoms with Crippen LogP contribution in [0.5, 0.6) is 0 Å². The average molecular weight is 364 g/mol. The van der Waals surface area contributed by atoms with Crippen molar-refractivity contribution in [2.75, 3.05) is 0 Å². The molecule has 1 heterocycles. The summed E-state index contributed by atoms with van der Waals surface area (Å²) in [6.45, 7) is 1.72. The Morgan fingerprint density at radius 3 is 2.37 bits per heavy atom. The van der Waals surface area contributed by atoms with Gasteiger partial charge in [0.25, 0.3) is 10.0 Å². The van der Waals surface area contributed by atoms with Gasteiger partial charge in [0, 0.05) is 6.04 Å². The van der Waals surface area contributed by atoms with E-state index in [-0.39, 0.29) is 10.0 Å². The third-order valence-corrected chi connectivity index (χ3v) is 6.17. The van der Waals surface area contributed by atoms with Crippen LogP contribution < -0.4 is 4.72 Å². The Morgan fingerprint density at radius 1 is 1.21 bits per heavy atom. The molecular weight excluding hydrogens is 353 g/mol. The Kier molecular flexibility index (Phi) is 4.39. The van der Waals surface area contributed by atoms with Crippen LogP contribution in [0.25, 0.3) is 0 Å². The third-order valence-electron chi connectivity index (χ3n) is 2.52. The van der Waals surface area contributed by atoms with Crippen molar-refractivity contribution in [3.05, 3.63) is 51.6 Å². The van der Waals surface area contributed by atoms with Gasteiger partial charge in [0.2, 0.25) is 0 Å². The summed E-state index contributed by atoms with van der Waals surface area (Å²) in [4.78, 5) is 0. The quantitative estimate of drug-likeness (QED) is 0.900. The lowest BCUT2D eigenvalue weighted by atomic mass is 10.1. The van der Waals surface area contributed by atoms with Crippen molar-refractivity contribution in [3.63, 3.8) is 0 Å². The maximum Gasteiger partial charge on any atom is 0.250 e. The van der Waals surface area contributed by atoms with Gasteiger partial charge in [0.05, 0.1) is 3.79 Å². The van der Waals surface area contributed by atoms with Crippen LogP contribution in [-0.4, -0.2) is 8.42 Å². The highest BCUT2D eigenvalue weighted by molar-refractivity contribution is 9.11. The predicted molar refractivity (Wildman–Crippen MR) is 77.2 cm³/mol. The van der Waals surface area contributed by atoms with Gasteiger partial charge in [0.1, 0.15) is 10.0 Å². The van der Waals surface area contributed by atoms with Gasteiger partial charge in [-0.3, -0.25) is 0 Å². The number of benzene rings is 1. The van der Waals surface area contributed by atoms with Crippen molar-refractivity contribution in [3.8, 4) is 0 Å². The molecule has 2 aromatic rings. The minimum absolute atomic E-state index is 0.244. The Bertz CT molecular complexity index is 667. The molecule has 0 saturated heterocycles. The first-order valence-corrected chi connectivity index (χ1v) is 8.51. The summed E-state index contributed by atoms with van der Waals surface area (Å²) in [5.74, 6) is -0.346. The van der Waals surface area contributed by atoms with Crippen molar-refractivity contribution in [1.29, 1.82) is 0 Å². The molecule has 19 heavy (non-hydrogen) atoms. The maximum atomic E-state index is 12.8. The summed E-state index contributed by atoms with van der Waals surface area (Å²) in [6.07, 6.45) is 0. The zero-order valence-electron chi connectivity index (χ0n) is 9.93. The molecule has 1 aromatic carbocycles. The lowest BCUT2D eigenvalue weighted by molar-refractivity contribution is 0.568. The van der Waals surface area contributed by atoms with Crippen molar-refractivity contribution in [2.45, 2.75) is 17.2 Å².